The standard InChI is InChI=1S/C23H23N7O.C18H27BN2O3.C12H24B2O4.C12H15BrN2O.C12H9ClN4.C8H8BrN.C4H9NO2.ClH/c1-29(2)14-22(31)30-12-16-4-3-15(9-18(16)13-30)23-24-8-7-21(27-23)26-19-5-6-20-17(10-19)11-25-28-20;1-17(2)18(3,4)24-19(23-17)15-8-7-13-10-21(11-14(13)9-15)16(22)12-20(5)6;1-9(2)10(3,4)16-13(15-9)14-17-11(5,6)12(7,8)18-14;1-14(2)8-12(16)15-6-9-3-4-11(13)5-10(9)7-15;13-12-15-4-3-11(17-12)16-10-2-1-8-6-14-7-9(8)5-10;9-8-2-1-6-4-10-5-7(6)3-8;1-5(2)3-4(6)7;/h3-11H,12-14H2,1-2H3,(H,25,28)(H,24,26,27);7-9H,10-12H2,1-6H3;1-8H3;3-5H,6-8H2,1-2H3;1-5,7H,6H2,(H,15,16,17);1-3,10H,4-5H2;3H2,1-2H3,(H,6,7);1H. The summed E-state index contributed by atoms with van der Waals surface area (Å²) in [5.41, 5.74) is 15.2. The van der Waals surface area contributed by atoms with Gasteiger partial charge in [0.1, 0.15) is 11.6 Å². The van der Waals surface area contributed by atoms with E-state index in [1.807, 2.05) is 182 Å². The fraction of sp³-hybridized carbons (Fsp3) is 0.438. The minimum atomic E-state index is -0.787. The van der Waals surface area contributed by atoms with Gasteiger partial charge in [-0.05, 0) is 285 Å². The number of anilines is 4. The molecule has 11 heterocycles. The van der Waals surface area contributed by atoms with Crippen molar-refractivity contribution < 1.29 is 52.2 Å². The summed E-state index contributed by atoms with van der Waals surface area (Å²) < 4.78 is 38.4. The van der Waals surface area contributed by atoms with Crippen molar-refractivity contribution in [2.24, 2.45) is 4.99 Å². The second-order valence-corrected chi connectivity index (χ2v) is 37.8. The number of hydrogen-bond acceptors (Lipinski definition) is 23. The van der Waals surface area contributed by atoms with Gasteiger partial charge in [-0.15, -0.1) is 12.4 Å². The lowest BCUT2D eigenvalue weighted by molar-refractivity contribution is -0.138. The van der Waals surface area contributed by atoms with Crippen LogP contribution < -0.4 is 21.4 Å². The first-order chi connectivity index (χ1) is 57.9. The molecule has 0 radical (unpaired) electrons. The maximum atomic E-state index is 12.4. The number of hydrogen-bond donors (Lipinski definition) is 5. The Morgan fingerprint density at radius 2 is 0.911 bits per heavy atom. The number of carboxylic acid groups (broad SMARTS) is 1. The molecule has 5 N–H and O–H groups in total. The van der Waals surface area contributed by atoms with Crippen molar-refractivity contribution in [2.75, 3.05) is 93.2 Å². The molecule has 3 saturated heterocycles. The smallest absolute Gasteiger partial charge is 0.480 e. The fourth-order valence-corrected chi connectivity index (χ4v) is 15.0. The molecule has 0 bridgehead atoms. The van der Waals surface area contributed by atoms with E-state index in [0.29, 0.717) is 57.5 Å². The molecule has 0 unspecified atom stereocenters. The van der Waals surface area contributed by atoms with Gasteiger partial charge in [-0.2, -0.15) is 5.10 Å². The van der Waals surface area contributed by atoms with Gasteiger partial charge in [0.15, 0.2) is 5.82 Å². The number of aromatic amines is 1. The Labute approximate surface area is 758 Å². The van der Waals surface area contributed by atoms with Crippen molar-refractivity contribution in [2.45, 2.75) is 176 Å². The molecule has 17 rings (SSSR count). The monoisotopic (exact) mass is 1860 g/mol. The summed E-state index contributed by atoms with van der Waals surface area (Å²) in [4.78, 5) is 80.6. The van der Waals surface area contributed by atoms with E-state index in [1.54, 1.807) is 43.7 Å². The van der Waals surface area contributed by atoms with Crippen LogP contribution in [0.25, 0.3) is 22.3 Å². The molecule has 124 heavy (non-hydrogen) atoms. The van der Waals surface area contributed by atoms with Gasteiger partial charge < -0.3 is 78.4 Å². The van der Waals surface area contributed by atoms with E-state index in [4.69, 9.17) is 49.6 Å². The quantitative estimate of drug-likeness (QED) is 0.0471. The number of halogens is 4. The summed E-state index contributed by atoms with van der Waals surface area (Å²) in [5.74, 6) is 1.75. The lowest BCUT2D eigenvalue weighted by Gasteiger charge is -2.32. The van der Waals surface area contributed by atoms with Crippen molar-refractivity contribution in [1.29, 1.82) is 0 Å². The predicted molar refractivity (Wildman–Crippen MR) is 500 cm³/mol. The summed E-state index contributed by atoms with van der Waals surface area (Å²) >= 11 is 12.6. The number of nitrogens with zero attached hydrogens (tertiary/aromatic N) is 13. The highest BCUT2D eigenvalue weighted by molar-refractivity contribution is 9.10. The average molecular weight is 1860 g/mol. The highest BCUT2D eigenvalue weighted by atomic mass is 79.9. The SMILES string of the molecule is Brc1ccc2c(c1)CNC2.CC1(C)OB(B2OC(C)(C)C(C)(C)O2)OC1(C)C.CN(C)CC(=O)N1Cc2ccc(-c3nccc(Nc4ccc5[nH]ncc5c4)n3)cc2C1.CN(C)CC(=O)N1Cc2ccc(B3OC(C)(C)C(C)(C)O3)cc2C1.CN(C)CC(=O)N1Cc2ccc(Br)cc2C1.CN(C)CC(=O)O.Cl.Clc1nccc(Nc2ccc3c(c2)C=NC3)n1. The number of aromatic nitrogens is 6. The zero-order valence-corrected chi connectivity index (χ0v) is 79.4. The van der Waals surface area contributed by atoms with Crippen LogP contribution in [0.3, 0.4) is 0 Å². The van der Waals surface area contributed by atoms with E-state index in [0.717, 1.165) is 87.4 Å². The van der Waals surface area contributed by atoms with Crippen LogP contribution in [0.15, 0.2) is 154 Å². The number of H-pyrrole nitrogens is 1. The van der Waals surface area contributed by atoms with Crippen LogP contribution in [-0.2, 0) is 106 Å². The van der Waals surface area contributed by atoms with Crippen LogP contribution in [0.2, 0.25) is 5.28 Å². The Morgan fingerprint density at radius 3 is 1.42 bits per heavy atom. The first-order valence-electron chi connectivity index (χ1n) is 41.0. The number of rotatable bonds is 15. The molecule has 8 aliphatic heterocycles. The third-order valence-electron chi connectivity index (χ3n) is 22.9. The molecule has 660 valence electrons. The summed E-state index contributed by atoms with van der Waals surface area (Å²) in [5, 5.41) is 26.1. The summed E-state index contributed by atoms with van der Waals surface area (Å²) in [7, 11) is 13.6. The van der Waals surface area contributed by atoms with Gasteiger partial charge in [0, 0.05) is 102 Å². The van der Waals surface area contributed by atoms with Gasteiger partial charge in [0.25, 0.3) is 0 Å². The molecule has 28 nitrogen and oxygen atoms in total. The number of carbonyl (C=O) groups excluding carboxylic acids is 3. The van der Waals surface area contributed by atoms with Crippen LogP contribution in [0, 0.1) is 0 Å². The second-order valence-electron chi connectivity index (χ2n) is 35.7. The lowest BCUT2D eigenvalue weighted by Crippen LogP contribution is -2.41. The molecule has 0 atom stereocenters. The fourth-order valence-electron chi connectivity index (χ4n) is 14.1. The first-order valence-corrected chi connectivity index (χ1v) is 43.0. The number of nitrogens with one attached hydrogen (secondary N) is 4. The number of aliphatic carboxylic acids is 1. The van der Waals surface area contributed by atoms with Gasteiger partial charge in [-0.25, -0.2) is 19.9 Å². The minimum absolute atomic E-state index is 0. The van der Waals surface area contributed by atoms with Gasteiger partial charge in [0.05, 0.1) is 78.0 Å². The van der Waals surface area contributed by atoms with E-state index in [2.05, 4.69) is 172 Å². The molecule has 0 saturated carbocycles. The lowest BCUT2D eigenvalue weighted by atomic mass is 9.49. The summed E-state index contributed by atoms with van der Waals surface area (Å²) in [6, 6.07) is 40.8. The molecule has 6 aromatic carbocycles. The third-order valence-corrected chi connectivity index (χ3v) is 24.1. The maximum Gasteiger partial charge on any atom is 0.494 e. The molecule has 3 aromatic heterocycles. The molecule has 3 fully saturated rings. The normalized spacial score (nSPS) is 17.4. The first kappa shape index (κ1) is 97.6. The van der Waals surface area contributed by atoms with Crippen molar-refractivity contribution in [3.05, 3.63) is 210 Å². The number of fused-ring (bicyclic) bond motifs is 6. The Balaban J connectivity index is 0.000000157. The minimum Gasteiger partial charge on any atom is -0.480 e. The van der Waals surface area contributed by atoms with Crippen molar-refractivity contribution >= 4 is 146 Å². The largest absolute Gasteiger partial charge is 0.494 e. The molecule has 0 spiro atoms. The number of amides is 3. The van der Waals surface area contributed by atoms with Crippen LogP contribution in [0.1, 0.15) is 139 Å². The van der Waals surface area contributed by atoms with Crippen molar-refractivity contribution in [3.8, 4) is 11.4 Å². The maximum absolute atomic E-state index is 12.4. The molecule has 0 aliphatic carbocycles. The van der Waals surface area contributed by atoms with Crippen LogP contribution in [0.4, 0.5) is 23.0 Å². The summed E-state index contributed by atoms with van der Waals surface area (Å²) in [6.07, 6.45) is 7.05. The molecule has 3 amide bonds. The highest BCUT2D eigenvalue weighted by Gasteiger charge is 2.64. The molecule has 35 heteroatoms. The Hall–Kier alpha value is -8.61. The van der Waals surface area contributed by atoms with E-state index in [9.17, 15) is 19.2 Å². The van der Waals surface area contributed by atoms with Crippen LogP contribution in [0.5, 0.6) is 0 Å². The van der Waals surface area contributed by atoms with Gasteiger partial charge in [0.2, 0.25) is 23.0 Å². The zero-order valence-electron chi connectivity index (χ0n) is 74.7. The number of benzene rings is 6. The topological polar surface area (TPSA) is 295 Å². The van der Waals surface area contributed by atoms with Gasteiger partial charge in [-0.1, -0.05) is 80.4 Å². The zero-order chi connectivity index (χ0) is 89.3. The third kappa shape index (κ3) is 25.6. The Bertz CT molecular complexity index is 5210. The van der Waals surface area contributed by atoms with Crippen molar-refractivity contribution in [3.63, 3.8) is 0 Å². The van der Waals surface area contributed by atoms with E-state index < -0.39 is 20.0 Å². The average Bonchev–Trinajstić information content (AvgIpc) is 1.59. The van der Waals surface area contributed by atoms with Gasteiger partial charge >= 0.3 is 27.1 Å². The van der Waals surface area contributed by atoms with Gasteiger partial charge in [-0.3, -0.25) is 34.2 Å². The molecule has 9 aromatic rings. The van der Waals surface area contributed by atoms with Crippen LogP contribution >= 0.6 is 55.9 Å². The molecule has 8 aliphatic rings. The molecular weight excluding hydrogens is 1750 g/mol. The van der Waals surface area contributed by atoms with Crippen LogP contribution in [-0.4, -0.2) is 237 Å². The van der Waals surface area contributed by atoms with E-state index in [1.165, 1.54) is 49.0 Å². The Morgan fingerprint density at radius 1 is 0.484 bits per heavy atom. The number of aliphatic imine (C=N–C) groups is 1. The van der Waals surface area contributed by atoms with Crippen molar-refractivity contribution in [1.82, 2.24) is 69.7 Å². The number of carboxylic acids is 1. The highest BCUT2D eigenvalue weighted by Crippen LogP contribution is 2.44. The second kappa shape index (κ2) is 41.4. The number of carbonyl (C=O) groups is 4. The molecular formula is C89H116B3Br2Cl2N17O11. The van der Waals surface area contributed by atoms with E-state index in [-0.39, 0.29) is 82.7 Å². The van der Waals surface area contributed by atoms with E-state index >= 15 is 0 Å². The predicted octanol–water partition coefficient (Wildman–Crippen LogP) is 13.6. The Kier molecular flexibility index (Phi) is 32.6. The number of likely N-dealkylation sites (N-methyl/N-ethyl adjacent to an activating group) is 4. The summed E-state index contributed by atoms with van der Waals surface area (Å²) in [6.45, 7) is 32.8.